The molecule has 0 aliphatic carbocycles. The minimum absolute atomic E-state index is 0.286. The molecule has 0 bridgehead atoms. The van der Waals surface area contributed by atoms with Crippen LogP contribution in [0.3, 0.4) is 0 Å². The molecule has 0 aromatic heterocycles. The highest BCUT2D eigenvalue weighted by Crippen LogP contribution is 2.34. The van der Waals surface area contributed by atoms with Gasteiger partial charge in [0.05, 0.1) is 23.4 Å². The molecule has 1 heterocycles. The zero-order valence-electron chi connectivity index (χ0n) is 19.1. The van der Waals surface area contributed by atoms with Crippen molar-refractivity contribution >= 4 is 34.9 Å². The van der Waals surface area contributed by atoms with Gasteiger partial charge in [0.15, 0.2) is 0 Å². The quantitative estimate of drug-likeness (QED) is 0.394. The first-order valence-electron chi connectivity index (χ1n) is 11.0. The van der Waals surface area contributed by atoms with Gasteiger partial charge in [-0.3, -0.25) is 4.79 Å². The summed E-state index contributed by atoms with van der Waals surface area (Å²) in [6.07, 6.45) is 2.13. The summed E-state index contributed by atoms with van der Waals surface area (Å²) in [5, 5.41) is 2.87. The predicted octanol–water partition coefficient (Wildman–Crippen LogP) is 6.42. The van der Waals surface area contributed by atoms with Gasteiger partial charge < -0.3 is 19.7 Å². The number of aryl methyl sites for hydroxylation is 2. The molecule has 0 atom stereocenters. The summed E-state index contributed by atoms with van der Waals surface area (Å²) in [5.74, 6) is -0.0308. The summed E-state index contributed by atoms with van der Waals surface area (Å²) in [4.78, 5) is 15.6. The van der Waals surface area contributed by atoms with Gasteiger partial charge in [0, 0.05) is 24.3 Å². The molecule has 1 saturated heterocycles. The van der Waals surface area contributed by atoms with E-state index in [1.807, 2.05) is 17.0 Å². The van der Waals surface area contributed by atoms with Crippen molar-refractivity contribution in [2.24, 2.45) is 0 Å². The average Bonchev–Trinajstić information content (AvgIpc) is 3.33. The third-order valence-corrected chi connectivity index (χ3v) is 6.67. The molecule has 0 radical (unpaired) electrons. The third-order valence-electron chi connectivity index (χ3n) is 5.82. The van der Waals surface area contributed by atoms with Gasteiger partial charge in [0.1, 0.15) is 11.6 Å². The molecule has 1 aliphatic rings. The number of carbonyl (C=O) groups is 1. The van der Waals surface area contributed by atoms with Crippen LogP contribution in [0.5, 0.6) is 5.75 Å². The number of para-hydroxylation sites is 1. The molecule has 0 unspecified atom stereocenters. The summed E-state index contributed by atoms with van der Waals surface area (Å²) in [6, 6.07) is 16.2. The standard InChI is InChI=1S/C26H28FN3O2S/c1-17-7-6-8-18(2)25(17)29-33-24-16-20(10-12-23(24)32-3)28-26(31)19-9-11-22(21(27)15-19)30-13-4-5-14-30/h6-12,15-16,29H,4-5,13-14H2,1-3H3,(H,28,31). The second-order valence-electron chi connectivity index (χ2n) is 8.15. The SMILES string of the molecule is COc1ccc(NC(=O)c2ccc(N3CCCC3)c(F)c2)cc1SNc1c(C)cccc1C. The van der Waals surface area contributed by atoms with Crippen LogP contribution in [0.1, 0.15) is 34.3 Å². The first kappa shape index (κ1) is 23.0. The van der Waals surface area contributed by atoms with Crippen molar-refractivity contribution in [2.75, 3.05) is 35.1 Å². The zero-order chi connectivity index (χ0) is 23.4. The lowest BCUT2D eigenvalue weighted by Gasteiger charge is -2.18. The molecule has 172 valence electrons. The van der Waals surface area contributed by atoms with Gasteiger partial charge >= 0.3 is 0 Å². The molecule has 0 saturated carbocycles. The number of halogens is 1. The van der Waals surface area contributed by atoms with Gasteiger partial charge in [0.25, 0.3) is 5.91 Å². The van der Waals surface area contributed by atoms with Crippen LogP contribution < -0.4 is 19.7 Å². The number of rotatable bonds is 7. The van der Waals surface area contributed by atoms with Crippen LogP contribution >= 0.6 is 11.9 Å². The lowest BCUT2D eigenvalue weighted by molar-refractivity contribution is 0.102. The summed E-state index contributed by atoms with van der Waals surface area (Å²) < 4.78 is 23.5. The third kappa shape index (κ3) is 5.25. The van der Waals surface area contributed by atoms with Gasteiger partial charge in [-0.25, -0.2) is 4.39 Å². The highest BCUT2D eigenvalue weighted by atomic mass is 32.2. The Balaban J connectivity index is 1.49. The molecular weight excluding hydrogens is 437 g/mol. The topological polar surface area (TPSA) is 53.6 Å². The van der Waals surface area contributed by atoms with Crippen molar-refractivity contribution in [2.45, 2.75) is 31.6 Å². The van der Waals surface area contributed by atoms with Crippen LogP contribution in [0.15, 0.2) is 59.5 Å². The number of carbonyl (C=O) groups excluding carboxylic acids is 1. The fraction of sp³-hybridized carbons (Fsp3) is 0.269. The lowest BCUT2D eigenvalue weighted by atomic mass is 10.1. The van der Waals surface area contributed by atoms with E-state index >= 15 is 0 Å². The number of nitrogens with zero attached hydrogens (tertiary/aromatic N) is 1. The molecule has 1 amide bonds. The molecule has 2 N–H and O–H groups in total. The van der Waals surface area contributed by atoms with Gasteiger partial charge in [-0.05, 0) is 86.2 Å². The average molecular weight is 466 g/mol. The molecule has 3 aromatic rings. The first-order valence-corrected chi connectivity index (χ1v) is 11.8. The number of anilines is 3. The highest BCUT2D eigenvalue weighted by molar-refractivity contribution is 8.00. The molecular formula is C26H28FN3O2S. The molecule has 33 heavy (non-hydrogen) atoms. The van der Waals surface area contributed by atoms with Crippen LogP contribution in [-0.4, -0.2) is 26.1 Å². The van der Waals surface area contributed by atoms with E-state index in [-0.39, 0.29) is 17.3 Å². The summed E-state index contributed by atoms with van der Waals surface area (Å²) in [6.45, 7) is 5.81. The van der Waals surface area contributed by atoms with Crippen LogP contribution in [0.25, 0.3) is 0 Å². The van der Waals surface area contributed by atoms with Crippen molar-refractivity contribution in [3.63, 3.8) is 0 Å². The second kappa shape index (κ2) is 10.2. The number of hydrogen-bond acceptors (Lipinski definition) is 5. The molecule has 1 aliphatic heterocycles. The number of benzene rings is 3. The van der Waals surface area contributed by atoms with E-state index in [2.05, 4.69) is 36.0 Å². The van der Waals surface area contributed by atoms with E-state index in [4.69, 9.17) is 4.74 Å². The maximum atomic E-state index is 14.6. The highest BCUT2D eigenvalue weighted by Gasteiger charge is 2.18. The smallest absolute Gasteiger partial charge is 0.255 e. The maximum Gasteiger partial charge on any atom is 0.255 e. The molecule has 1 fully saturated rings. The Labute approximate surface area is 198 Å². The Hall–Kier alpha value is -3.19. The van der Waals surface area contributed by atoms with E-state index in [9.17, 15) is 9.18 Å². The number of amides is 1. The Morgan fingerprint density at radius 1 is 1.03 bits per heavy atom. The molecule has 7 heteroatoms. The van der Waals surface area contributed by atoms with Crippen LogP contribution in [0.4, 0.5) is 21.5 Å². The minimum Gasteiger partial charge on any atom is -0.496 e. The molecule has 5 nitrogen and oxygen atoms in total. The van der Waals surface area contributed by atoms with E-state index < -0.39 is 0 Å². The molecule has 3 aromatic carbocycles. The molecule has 0 spiro atoms. The van der Waals surface area contributed by atoms with Crippen molar-refractivity contribution < 1.29 is 13.9 Å². The lowest BCUT2D eigenvalue weighted by Crippen LogP contribution is -2.19. The Morgan fingerprint density at radius 2 is 1.76 bits per heavy atom. The van der Waals surface area contributed by atoms with Gasteiger partial charge in [-0.1, -0.05) is 18.2 Å². The summed E-state index contributed by atoms with van der Waals surface area (Å²) in [5.41, 5.74) is 4.79. The predicted molar refractivity (Wildman–Crippen MR) is 134 cm³/mol. The summed E-state index contributed by atoms with van der Waals surface area (Å²) >= 11 is 1.42. The minimum atomic E-state index is -0.367. The van der Waals surface area contributed by atoms with E-state index in [0.29, 0.717) is 17.1 Å². The van der Waals surface area contributed by atoms with Crippen molar-refractivity contribution in [3.05, 3.63) is 77.1 Å². The van der Waals surface area contributed by atoms with Gasteiger partial charge in [-0.15, -0.1) is 0 Å². The van der Waals surface area contributed by atoms with Crippen molar-refractivity contribution in [3.8, 4) is 5.75 Å². The monoisotopic (exact) mass is 465 g/mol. The zero-order valence-corrected chi connectivity index (χ0v) is 19.9. The first-order chi connectivity index (χ1) is 16.0. The normalized spacial score (nSPS) is 13.2. The Bertz CT molecular complexity index is 1140. The molecule has 4 rings (SSSR count). The largest absolute Gasteiger partial charge is 0.496 e. The number of methoxy groups -OCH3 is 1. The van der Waals surface area contributed by atoms with Crippen LogP contribution in [-0.2, 0) is 0 Å². The summed E-state index contributed by atoms with van der Waals surface area (Å²) in [7, 11) is 1.61. The maximum absolute atomic E-state index is 14.6. The fourth-order valence-electron chi connectivity index (χ4n) is 3.98. The Morgan fingerprint density at radius 3 is 2.42 bits per heavy atom. The number of hydrogen-bond donors (Lipinski definition) is 2. The fourth-order valence-corrected chi connectivity index (χ4v) is 4.95. The van der Waals surface area contributed by atoms with E-state index in [1.165, 1.54) is 18.0 Å². The number of nitrogens with one attached hydrogen (secondary N) is 2. The number of ether oxygens (including phenoxy) is 1. The van der Waals surface area contributed by atoms with Crippen LogP contribution in [0, 0.1) is 19.7 Å². The van der Waals surface area contributed by atoms with E-state index in [1.54, 1.807) is 31.4 Å². The van der Waals surface area contributed by atoms with Gasteiger partial charge in [-0.2, -0.15) is 0 Å². The van der Waals surface area contributed by atoms with Crippen molar-refractivity contribution in [1.29, 1.82) is 0 Å². The van der Waals surface area contributed by atoms with Crippen LogP contribution in [0.2, 0.25) is 0 Å². The second-order valence-corrected chi connectivity index (χ2v) is 9.00. The van der Waals surface area contributed by atoms with E-state index in [0.717, 1.165) is 47.6 Å². The van der Waals surface area contributed by atoms with Crippen molar-refractivity contribution in [1.82, 2.24) is 0 Å². The van der Waals surface area contributed by atoms with Gasteiger partial charge in [0.2, 0.25) is 0 Å². The Kier molecular flexibility index (Phi) is 7.08.